The average molecular weight is 408 g/mol. The first-order valence-corrected chi connectivity index (χ1v) is 9.68. The standard InChI is InChI=1S/C23H24N2O5/c1-3-4-12-29-18-8-5-7-16(14-18)22(26)24-17-10-11-19(21(15-17)28-2)25-23(27)20-9-6-13-30-20/h5-11,13-15H,3-4,12H2,1-2H3,(H,24,26)(H,25,27). The topological polar surface area (TPSA) is 89.8 Å². The van der Waals surface area contributed by atoms with Gasteiger partial charge in [-0.2, -0.15) is 0 Å². The zero-order valence-electron chi connectivity index (χ0n) is 16.9. The number of ether oxygens (including phenoxy) is 2. The summed E-state index contributed by atoms with van der Waals surface area (Å²) in [5.74, 6) is 0.588. The number of nitrogens with one attached hydrogen (secondary N) is 2. The summed E-state index contributed by atoms with van der Waals surface area (Å²) in [7, 11) is 1.49. The summed E-state index contributed by atoms with van der Waals surface area (Å²) in [4.78, 5) is 24.8. The number of rotatable bonds is 9. The lowest BCUT2D eigenvalue weighted by atomic mass is 10.2. The quantitative estimate of drug-likeness (QED) is 0.488. The van der Waals surface area contributed by atoms with Crippen molar-refractivity contribution in [2.24, 2.45) is 0 Å². The Morgan fingerprint density at radius 1 is 1.00 bits per heavy atom. The number of carbonyl (C=O) groups excluding carboxylic acids is 2. The number of anilines is 2. The third-order valence-electron chi connectivity index (χ3n) is 4.32. The zero-order valence-corrected chi connectivity index (χ0v) is 16.9. The van der Waals surface area contributed by atoms with Crippen molar-refractivity contribution >= 4 is 23.2 Å². The van der Waals surface area contributed by atoms with Crippen molar-refractivity contribution in [2.45, 2.75) is 19.8 Å². The van der Waals surface area contributed by atoms with Crippen LogP contribution in [0.2, 0.25) is 0 Å². The molecule has 0 saturated carbocycles. The Kier molecular flexibility index (Phi) is 7.10. The molecule has 3 rings (SSSR count). The second-order valence-corrected chi connectivity index (χ2v) is 6.53. The summed E-state index contributed by atoms with van der Waals surface area (Å²) < 4.78 is 16.1. The molecule has 156 valence electrons. The highest BCUT2D eigenvalue weighted by atomic mass is 16.5. The van der Waals surface area contributed by atoms with Crippen molar-refractivity contribution in [1.29, 1.82) is 0 Å². The average Bonchev–Trinajstić information content (AvgIpc) is 3.30. The molecular formula is C23H24N2O5. The van der Waals surface area contributed by atoms with E-state index in [9.17, 15) is 9.59 Å². The Balaban J connectivity index is 1.68. The summed E-state index contributed by atoms with van der Waals surface area (Å²) in [6.45, 7) is 2.71. The first-order chi connectivity index (χ1) is 14.6. The van der Waals surface area contributed by atoms with E-state index in [4.69, 9.17) is 13.9 Å². The minimum atomic E-state index is -0.394. The minimum absolute atomic E-state index is 0.190. The van der Waals surface area contributed by atoms with Gasteiger partial charge in [-0.3, -0.25) is 9.59 Å². The van der Waals surface area contributed by atoms with Gasteiger partial charge in [0.2, 0.25) is 0 Å². The van der Waals surface area contributed by atoms with Crippen LogP contribution in [0, 0.1) is 0 Å². The van der Waals surface area contributed by atoms with E-state index in [1.54, 1.807) is 48.5 Å². The molecule has 30 heavy (non-hydrogen) atoms. The van der Waals surface area contributed by atoms with Crippen molar-refractivity contribution in [3.63, 3.8) is 0 Å². The fourth-order valence-electron chi connectivity index (χ4n) is 2.73. The number of benzene rings is 2. The fraction of sp³-hybridized carbons (Fsp3) is 0.217. The summed E-state index contributed by atoms with van der Waals surface area (Å²) in [5, 5.41) is 5.55. The van der Waals surface area contributed by atoms with Gasteiger partial charge in [-0.1, -0.05) is 19.4 Å². The van der Waals surface area contributed by atoms with Crippen molar-refractivity contribution < 1.29 is 23.5 Å². The monoisotopic (exact) mass is 408 g/mol. The molecule has 0 bridgehead atoms. The summed E-state index contributed by atoms with van der Waals surface area (Å²) in [6.07, 6.45) is 3.42. The van der Waals surface area contributed by atoms with Gasteiger partial charge in [0.1, 0.15) is 11.5 Å². The Hall–Kier alpha value is -3.74. The van der Waals surface area contributed by atoms with Crippen molar-refractivity contribution in [1.82, 2.24) is 0 Å². The maximum absolute atomic E-state index is 12.6. The van der Waals surface area contributed by atoms with Gasteiger partial charge in [0, 0.05) is 17.3 Å². The SMILES string of the molecule is CCCCOc1cccc(C(=O)Nc2ccc(NC(=O)c3ccco3)c(OC)c2)c1. The van der Waals surface area contributed by atoms with Crippen LogP contribution in [0.4, 0.5) is 11.4 Å². The lowest BCUT2D eigenvalue weighted by molar-refractivity contribution is 0.0994. The molecule has 0 saturated heterocycles. The van der Waals surface area contributed by atoms with E-state index in [0.717, 1.165) is 12.8 Å². The highest BCUT2D eigenvalue weighted by Crippen LogP contribution is 2.29. The number of amides is 2. The van der Waals surface area contributed by atoms with Crippen LogP contribution < -0.4 is 20.1 Å². The highest BCUT2D eigenvalue weighted by molar-refractivity contribution is 6.05. The second kappa shape index (κ2) is 10.2. The molecule has 3 aromatic rings. The van der Waals surface area contributed by atoms with Crippen LogP contribution in [0.3, 0.4) is 0 Å². The van der Waals surface area contributed by atoms with E-state index in [1.807, 2.05) is 6.07 Å². The Morgan fingerprint density at radius 3 is 2.60 bits per heavy atom. The Labute approximate surface area is 175 Å². The summed E-state index contributed by atoms with van der Waals surface area (Å²) >= 11 is 0. The second-order valence-electron chi connectivity index (χ2n) is 6.53. The summed E-state index contributed by atoms with van der Waals surface area (Å²) in [6, 6.07) is 15.2. The van der Waals surface area contributed by atoms with Gasteiger partial charge in [0.25, 0.3) is 11.8 Å². The molecule has 0 aliphatic carbocycles. The van der Waals surface area contributed by atoms with Crippen molar-refractivity contribution in [2.75, 3.05) is 24.4 Å². The molecule has 2 amide bonds. The third-order valence-corrected chi connectivity index (χ3v) is 4.32. The number of furan rings is 1. The number of unbranched alkanes of at least 4 members (excludes halogenated alkanes) is 1. The molecule has 7 nitrogen and oxygen atoms in total. The predicted molar refractivity (Wildman–Crippen MR) is 114 cm³/mol. The molecule has 0 spiro atoms. The normalized spacial score (nSPS) is 10.3. The van der Waals surface area contributed by atoms with Crippen LogP contribution in [-0.2, 0) is 0 Å². The van der Waals surface area contributed by atoms with Crippen LogP contribution in [0.15, 0.2) is 65.3 Å². The van der Waals surface area contributed by atoms with Gasteiger partial charge in [-0.25, -0.2) is 0 Å². The molecule has 0 atom stereocenters. The molecule has 1 aromatic heterocycles. The largest absolute Gasteiger partial charge is 0.494 e. The van der Waals surface area contributed by atoms with Crippen LogP contribution >= 0.6 is 0 Å². The fourth-order valence-corrected chi connectivity index (χ4v) is 2.73. The lowest BCUT2D eigenvalue weighted by Crippen LogP contribution is -2.14. The van der Waals surface area contributed by atoms with Gasteiger partial charge in [0.05, 0.1) is 25.7 Å². The molecule has 7 heteroatoms. The smallest absolute Gasteiger partial charge is 0.291 e. The number of carbonyl (C=O) groups is 2. The van der Waals surface area contributed by atoms with Crippen LogP contribution in [0.5, 0.6) is 11.5 Å². The first kappa shape index (κ1) is 21.0. The van der Waals surface area contributed by atoms with Gasteiger partial charge in [-0.05, 0) is 48.9 Å². The molecule has 1 heterocycles. The van der Waals surface area contributed by atoms with Crippen LogP contribution in [0.1, 0.15) is 40.7 Å². The Morgan fingerprint density at radius 2 is 1.87 bits per heavy atom. The maximum Gasteiger partial charge on any atom is 0.291 e. The summed E-state index contributed by atoms with van der Waals surface area (Å²) in [5.41, 5.74) is 1.48. The molecule has 0 aliphatic rings. The first-order valence-electron chi connectivity index (χ1n) is 9.68. The van der Waals surface area contributed by atoms with Gasteiger partial charge in [0.15, 0.2) is 5.76 Å². The van der Waals surface area contributed by atoms with E-state index in [2.05, 4.69) is 17.6 Å². The van der Waals surface area contributed by atoms with Gasteiger partial charge < -0.3 is 24.5 Å². The van der Waals surface area contributed by atoms with Crippen molar-refractivity contribution in [3.05, 3.63) is 72.2 Å². The Bertz CT molecular complexity index is 999. The maximum atomic E-state index is 12.6. The van der Waals surface area contributed by atoms with Gasteiger partial charge in [-0.15, -0.1) is 0 Å². The third kappa shape index (κ3) is 5.41. The van der Waals surface area contributed by atoms with Crippen molar-refractivity contribution in [3.8, 4) is 11.5 Å². The van der Waals surface area contributed by atoms with Crippen LogP contribution in [0.25, 0.3) is 0 Å². The van der Waals surface area contributed by atoms with Crippen LogP contribution in [-0.4, -0.2) is 25.5 Å². The number of hydrogen-bond donors (Lipinski definition) is 2. The minimum Gasteiger partial charge on any atom is -0.494 e. The molecule has 0 unspecified atom stereocenters. The van der Waals surface area contributed by atoms with E-state index < -0.39 is 5.91 Å². The van der Waals surface area contributed by atoms with E-state index in [0.29, 0.717) is 35.0 Å². The molecule has 0 fully saturated rings. The zero-order chi connectivity index (χ0) is 21.3. The number of methoxy groups -OCH3 is 1. The molecule has 0 aliphatic heterocycles. The van der Waals surface area contributed by atoms with E-state index in [1.165, 1.54) is 13.4 Å². The predicted octanol–water partition coefficient (Wildman–Crippen LogP) is 4.97. The lowest BCUT2D eigenvalue weighted by Gasteiger charge is -2.12. The van der Waals surface area contributed by atoms with Gasteiger partial charge >= 0.3 is 0 Å². The number of hydrogen-bond acceptors (Lipinski definition) is 5. The molecule has 2 aromatic carbocycles. The molecule has 2 N–H and O–H groups in total. The van der Waals surface area contributed by atoms with E-state index >= 15 is 0 Å². The highest BCUT2D eigenvalue weighted by Gasteiger charge is 2.14. The molecular weight excluding hydrogens is 384 g/mol. The van der Waals surface area contributed by atoms with E-state index in [-0.39, 0.29) is 11.7 Å². The molecule has 0 radical (unpaired) electrons.